The standard InChI is InChI=1S/C15H17N5O2/c16-14(21)10-3-1-2-9(6-10)7-18-15(22)13-11-8-17-5-4-12(11)19-20-13/h1-3,6,17H,4-5,7-8H2,(H2,16,21)(H,18,22)(H,19,20). The van der Waals surface area contributed by atoms with E-state index in [1.165, 1.54) is 0 Å². The predicted octanol–water partition coefficient (Wildman–Crippen LogP) is 0.0843. The molecule has 0 radical (unpaired) electrons. The lowest BCUT2D eigenvalue weighted by atomic mass is 10.1. The van der Waals surface area contributed by atoms with Crippen molar-refractivity contribution in [3.63, 3.8) is 0 Å². The van der Waals surface area contributed by atoms with Gasteiger partial charge in [0.25, 0.3) is 5.91 Å². The Morgan fingerprint density at radius 3 is 3.05 bits per heavy atom. The summed E-state index contributed by atoms with van der Waals surface area (Å²) in [7, 11) is 0. The van der Waals surface area contributed by atoms with E-state index in [4.69, 9.17) is 5.73 Å². The predicted molar refractivity (Wildman–Crippen MR) is 80.1 cm³/mol. The van der Waals surface area contributed by atoms with Crippen LogP contribution in [0.5, 0.6) is 0 Å². The van der Waals surface area contributed by atoms with E-state index in [-0.39, 0.29) is 5.91 Å². The number of nitrogens with zero attached hydrogens (tertiary/aromatic N) is 1. The molecule has 0 spiro atoms. The van der Waals surface area contributed by atoms with E-state index < -0.39 is 5.91 Å². The maximum atomic E-state index is 12.3. The van der Waals surface area contributed by atoms with Gasteiger partial charge >= 0.3 is 0 Å². The molecular weight excluding hydrogens is 282 g/mol. The first-order chi connectivity index (χ1) is 10.6. The van der Waals surface area contributed by atoms with Gasteiger partial charge in [0, 0.05) is 42.9 Å². The second-order valence-electron chi connectivity index (χ2n) is 5.20. The third-order valence-electron chi connectivity index (χ3n) is 3.69. The van der Waals surface area contributed by atoms with Crippen LogP contribution in [-0.2, 0) is 19.5 Å². The van der Waals surface area contributed by atoms with Gasteiger partial charge in [-0.15, -0.1) is 0 Å². The first-order valence-electron chi connectivity index (χ1n) is 7.09. The SMILES string of the molecule is NC(=O)c1cccc(CNC(=O)c2n[nH]c3c2CNCC3)c1. The summed E-state index contributed by atoms with van der Waals surface area (Å²) in [4.78, 5) is 23.4. The molecule has 1 aliphatic rings. The van der Waals surface area contributed by atoms with Crippen LogP contribution >= 0.6 is 0 Å². The van der Waals surface area contributed by atoms with Gasteiger partial charge in [0.2, 0.25) is 5.91 Å². The quantitative estimate of drug-likeness (QED) is 0.640. The molecule has 2 amide bonds. The number of hydrogen-bond acceptors (Lipinski definition) is 4. The number of H-pyrrole nitrogens is 1. The monoisotopic (exact) mass is 299 g/mol. The van der Waals surface area contributed by atoms with Gasteiger partial charge in [-0.25, -0.2) is 0 Å². The Kier molecular flexibility index (Phi) is 3.88. The Bertz CT molecular complexity index is 722. The van der Waals surface area contributed by atoms with E-state index in [0.717, 1.165) is 29.8 Å². The molecule has 0 bridgehead atoms. The molecule has 0 saturated heterocycles. The molecule has 0 fully saturated rings. The molecule has 0 aliphatic carbocycles. The number of nitrogens with two attached hydrogens (primary N) is 1. The zero-order valence-corrected chi connectivity index (χ0v) is 12.0. The number of amides is 2. The van der Waals surface area contributed by atoms with Gasteiger partial charge in [0.15, 0.2) is 5.69 Å². The summed E-state index contributed by atoms with van der Waals surface area (Å²) in [5, 5.41) is 13.1. The van der Waals surface area contributed by atoms with Crippen LogP contribution in [0.4, 0.5) is 0 Å². The number of aromatic amines is 1. The number of nitrogens with one attached hydrogen (secondary N) is 3. The van der Waals surface area contributed by atoms with Crippen LogP contribution in [0.1, 0.15) is 37.7 Å². The van der Waals surface area contributed by atoms with Gasteiger partial charge in [0.05, 0.1) is 0 Å². The van der Waals surface area contributed by atoms with Gasteiger partial charge in [-0.05, 0) is 17.7 Å². The Morgan fingerprint density at radius 1 is 1.36 bits per heavy atom. The second-order valence-corrected chi connectivity index (χ2v) is 5.20. The first kappa shape index (κ1) is 14.3. The lowest BCUT2D eigenvalue weighted by Gasteiger charge is -2.13. The molecule has 114 valence electrons. The highest BCUT2D eigenvalue weighted by Gasteiger charge is 2.21. The van der Waals surface area contributed by atoms with Gasteiger partial charge in [-0.1, -0.05) is 12.1 Å². The minimum Gasteiger partial charge on any atom is -0.366 e. The molecule has 5 N–H and O–H groups in total. The Morgan fingerprint density at radius 2 is 2.23 bits per heavy atom. The van der Waals surface area contributed by atoms with Crippen LogP contribution in [0.15, 0.2) is 24.3 Å². The third kappa shape index (κ3) is 2.84. The van der Waals surface area contributed by atoms with Crippen LogP contribution in [0.2, 0.25) is 0 Å². The third-order valence-corrected chi connectivity index (χ3v) is 3.69. The number of primary amides is 1. The summed E-state index contributed by atoms with van der Waals surface area (Å²) in [5.74, 6) is -0.716. The van der Waals surface area contributed by atoms with Gasteiger partial charge in [-0.3, -0.25) is 14.7 Å². The lowest BCUT2D eigenvalue weighted by Crippen LogP contribution is -2.28. The van der Waals surface area contributed by atoms with Crippen LogP contribution < -0.4 is 16.4 Å². The van der Waals surface area contributed by atoms with E-state index in [2.05, 4.69) is 20.8 Å². The lowest BCUT2D eigenvalue weighted by molar-refractivity contribution is 0.0944. The highest BCUT2D eigenvalue weighted by molar-refractivity contribution is 5.94. The van der Waals surface area contributed by atoms with E-state index >= 15 is 0 Å². The summed E-state index contributed by atoms with van der Waals surface area (Å²) in [5.41, 5.74) is 8.84. The molecule has 1 aromatic carbocycles. The highest BCUT2D eigenvalue weighted by atomic mass is 16.2. The molecule has 3 rings (SSSR count). The first-order valence-corrected chi connectivity index (χ1v) is 7.09. The van der Waals surface area contributed by atoms with E-state index in [9.17, 15) is 9.59 Å². The summed E-state index contributed by atoms with van der Waals surface area (Å²) in [6, 6.07) is 6.88. The van der Waals surface area contributed by atoms with Crippen molar-refractivity contribution >= 4 is 11.8 Å². The fourth-order valence-corrected chi connectivity index (χ4v) is 2.51. The van der Waals surface area contributed by atoms with Crippen molar-refractivity contribution < 1.29 is 9.59 Å². The number of carbonyl (C=O) groups excluding carboxylic acids is 2. The Balaban J connectivity index is 1.69. The molecule has 2 aromatic rings. The molecular formula is C15H17N5O2. The molecule has 0 saturated carbocycles. The molecule has 7 heteroatoms. The van der Waals surface area contributed by atoms with Crippen LogP contribution in [0.25, 0.3) is 0 Å². The average molecular weight is 299 g/mol. The molecule has 2 heterocycles. The van der Waals surface area contributed by atoms with Crippen LogP contribution in [0.3, 0.4) is 0 Å². The normalized spacial score (nSPS) is 13.5. The van der Waals surface area contributed by atoms with Crippen LogP contribution in [-0.4, -0.2) is 28.6 Å². The van der Waals surface area contributed by atoms with Crippen molar-refractivity contribution in [2.75, 3.05) is 6.54 Å². The smallest absolute Gasteiger partial charge is 0.272 e. The topological polar surface area (TPSA) is 113 Å². The highest BCUT2D eigenvalue weighted by Crippen LogP contribution is 2.15. The van der Waals surface area contributed by atoms with Crippen molar-refractivity contribution in [2.24, 2.45) is 5.73 Å². The largest absolute Gasteiger partial charge is 0.366 e. The second kappa shape index (κ2) is 5.98. The Hall–Kier alpha value is -2.67. The average Bonchev–Trinajstić information content (AvgIpc) is 2.97. The van der Waals surface area contributed by atoms with Gasteiger partial charge in [-0.2, -0.15) is 5.10 Å². The molecule has 22 heavy (non-hydrogen) atoms. The van der Waals surface area contributed by atoms with Crippen molar-refractivity contribution in [2.45, 2.75) is 19.5 Å². The maximum absolute atomic E-state index is 12.3. The van der Waals surface area contributed by atoms with Crippen LogP contribution in [0, 0.1) is 0 Å². The number of carbonyl (C=O) groups is 2. The summed E-state index contributed by atoms with van der Waals surface area (Å²) < 4.78 is 0. The summed E-state index contributed by atoms with van der Waals surface area (Å²) in [6.07, 6.45) is 0.844. The number of rotatable bonds is 4. The van der Waals surface area contributed by atoms with Crippen molar-refractivity contribution in [1.29, 1.82) is 0 Å². The summed E-state index contributed by atoms with van der Waals surface area (Å²) in [6.45, 7) is 1.84. The van der Waals surface area contributed by atoms with E-state index in [1.54, 1.807) is 18.2 Å². The number of hydrogen-bond donors (Lipinski definition) is 4. The number of benzene rings is 1. The molecule has 0 atom stereocenters. The fourth-order valence-electron chi connectivity index (χ4n) is 2.51. The summed E-state index contributed by atoms with van der Waals surface area (Å²) >= 11 is 0. The van der Waals surface area contributed by atoms with Crippen molar-refractivity contribution in [1.82, 2.24) is 20.8 Å². The zero-order chi connectivity index (χ0) is 15.5. The van der Waals surface area contributed by atoms with E-state index in [1.807, 2.05) is 6.07 Å². The van der Waals surface area contributed by atoms with Crippen molar-refractivity contribution in [3.8, 4) is 0 Å². The minimum absolute atomic E-state index is 0.231. The molecule has 1 aromatic heterocycles. The molecule has 7 nitrogen and oxygen atoms in total. The van der Waals surface area contributed by atoms with Crippen molar-refractivity contribution in [3.05, 3.63) is 52.3 Å². The fraction of sp³-hybridized carbons (Fsp3) is 0.267. The van der Waals surface area contributed by atoms with E-state index in [0.29, 0.717) is 24.3 Å². The number of aromatic nitrogens is 2. The zero-order valence-electron chi connectivity index (χ0n) is 12.0. The molecule has 1 aliphatic heterocycles. The van der Waals surface area contributed by atoms with Gasteiger partial charge in [0.1, 0.15) is 0 Å². The Labute approximate surface area is 127 Å². The molecule has 0 unspecified atom stereocenters. The van der Waals surface area contributed by atoms with Gasteiger partial charge < -0.3 is 16.4 Å². The number of fused-ring (bicyclic) bond motifs is 1. The minimum atomic E-state index is -0.486. The maximum Gasteiger partial charge on any atom is 0.272 e.